The quantitative estimate of drug-likeness (QED) is 0.0691. The predicted octanol–water partition coefficient (Wildman–Crippen LogP) is 7.79. The van der Waals surface area contributed by atoms with Crippen LogP contribution >= 0.6 is 0 Å². The maximum absolute atomic E-state index is 14.7. The monoisotopic (exact) mass is 695 g/mol. The van der Waals surface area contributed by atoms with Crippen LogP contribution in [0.2, 0.25) is 0 Å². The SMILES string of the molecule is C=CCOC(=O)NCCC(NC(=O)C(NC)C(C)CC)C(=O)c1ccccc1C(O)(c1ccccc1)c1ccc(C2CCCCCCCC2)cc1. The molecule has 4 unspecified atom stereocenters. The van der Waals surface area contributed by atoms with E-state index in [4.69, 9.17) is 4.74 Å². The molecule has 0 saturated heterocycles. The molecule has 3 aromatic carbocycles. The van der Waals surface area contributed by atoms with Crippen LogP contribution in [0, 0.1) is 5.92 Å². The van der Waals surface area contributed by atoms with Gasteiger partial charge in [-0.05, 0) is 54.8 Å². The fourth-order valence-corrected chi connectivity index (χ4v) is 7.27. The smallest absolute Gasteiger partial charge is 0.407 e. The van der Waals surface area contributed by atoms with E-state index >= 15 is 0 Å². The van der Waals surface area contributed by atoms with Gasteiger partial charge >= 0.3 is 6.09 Å². The number of hydrogen-bond donors (Lipinski definition) is 4. The Morgan fingerprint density at radius 2 is 1.51 bits per heavy atom. The lowest BCUT2D eigenvalue weighted by atomic mass is 9.76. The summed E-state index contributed by atoms with van der Waals surface area (Å²) in [7, 11) is 1.73. The van der Waals surface area contributed by atoms with Crippen LogP contribution in [0.15, 0.2) is 91.5 Å². The summed E-state index contributed by atoms with van der Waals surface area (Å²) < 4.78 is 5.04. The van der Waals surface area contributed by atoms with Crippen LogP contribution in [-0.2, 0) is 15.1 Å². The fraction of sp³-hybridized carbons (Fsp3) is 0.465. The molecule has 1 saturated carbocycles. The molecule has 4 rings (SSSR count). The van der Waals surface area contributed by atoms with Gasteiger partial charge in [0.1, 0.15) is 12.2 Å². The van der Waals surface area contributed by atoms with Crippen molar-refractivity contribution in [2.75, 3.05) is 20.2 Å². The zero-order valence-electron chi connectivity index (χ0n) is 30.7. The van der Waals surface area contributed by atoms with Gasteiger partial charge in [-0.1, -0.05) is 150 Å². The number of likely N-dealkylation sites (N-methyl/N-ethyl adjacent to an activating group) is 1. The van der Waals surface area contributed by atoms with Crippen molar-refractivity contribution in [1.82, 2.24) is 16.0 Å². The molecular formula is C43H57N3O5. The number of ketones is 1. The predicted molar refractivity (Wildman–Crippen MR) is 204 cm³/mol. The van der Waals surface area contributed by atoms with Gasteiger partial charge in [-0.2, -0.15) is 0 Å². The topological polar surface area (TPSA) is 117 Å². The number of amides is 2. The number of rotatable bonds is 16. The minimum absolute atomic E-state index is 0.0167. The Hall–Kier alpha value is -4.27. The molecule has 0 aliphatic heterocycles. The molecule has 0 aromatic heterocycles. The molecule has 1 fully saturated rings. The second kappa shape index (κ2) is 19.9. The molecule has 0 bridgehead atoms. The van der Waals surface area contributed by atoms with Crippen molar-refractivity contribution in [3.63, 3.8) is 0 Å². The molecule has 51 heavy (non-hydrogen) atoms. The standard InChI is InChI=1S/C43H57N3O5/c1-5-30-51-42(49)45-29-28-38(46-41(48)39(44-4)31(3)6-2)40(47)36-22-16-17-23-37(36)43(50,34-20-14-11-15-21-34)35-26-24-33(25-27-35)32-18-12-9-7-8-10-13-19-32/h5,11,14-17,20-27,31-32,38-39,44,50H,1,6-10,12-13,18-19,28-30H2,2-4H3,(H,45,49)(H,46,48). The maximum atomic E-state index is 14.7. The molecule has 4 N–H and O–H groups in total. The minimum atomic E-state index is -1.67. The lowest BCUT2D eigenvalue weighted by molar-refractivity contribution is -0.124. The zero-order chi connectivity index (χ0) is 36.6. The fourth-order valence-electron chi connectivity index (χ4n) is 7.27. The minimum Gasteiger partial charge on any atom is -0.445 e. The summed E-state index contributed by atoms with van der Waals surface area (Å²) in [6, 6.07) is 23.2. The molecule has 1 aliphatic carbocycles. The summed E-state index contributed by atoms with van der Waals surface area (Å²) in [4.78, 5) is 40.5. The van der Waals surface area contributed by atoms with Gasteiger partial charge in [0, 0.05) is 17.7 Å². The molecule has 3 aromatic rings. The Morgan fingerprint density at radius 1 is 0.902 bits per heavy atom. The Labute approximate surface area is 304 Å². The third-order valence-corrected chi connectivity index (χ3v) is 10.4. The van der Waals surface area contributed by atoms with Gasteiger partial charge in [-0.25, -0.2) is 4.79 Å². The number of alkyl carbamates (subject to hydrolysis) is 1. The van der Waals surface area contributed by atoms with Gasteiger partial charge in [-0.3, -0.25) is 9.59 Å². The number of carbonyl (C=O) groups is 3. The highest BCUT2D eigenvalue weighted by atomic mass is 16.5. The Balaban J connectivity index is 1.73. The van der Waals surface area contributed by atoms with E-state index in [1.807, 2.05) is 62.4 Å². The molecule has 4 atom stereocenters. The van der Waals surface area contributed by atoms with E-state index in [2.05, 4.69) is 34.7 Å². The summed E-state index contributed by atoms with van der Waals surface area (Å²) in [5, 5.41) is 21.7. The number of ether oxygens (including phenoxy) is 1. The molecular weight excluding hydrogens is 638 g/mol. The summed E-state index contributed by atoms with van der Waals surface area (Å²) in [5.41, 5.74) is 1.59. The first-order chi connectivity index (χ1) is 24.7. The Bertz CT molecular complexity index is 1550. The number of hydrogen-bond acceptors (Lipinski definition) is 6. The number of benzene rings is 3. The van der Waals surface area contributed by atoms with Gasteiger partial charge < -0.3 is 25.8 Å². The third-order valence-electron chi connectivity index (χ3n) is 10.4. The van der Waals surface area contributed by atoms with Gasteiger partial charge in [0.2, 0.25) is 5.91 Å². The van der Waals surface area contributed by atoms with Crippen LogP contribution in [0.3, 0.4) is 0 Å². The van der Waals surface area contributed by atoms with Crippen molar-refractivity contribution in [2.45, 2.75) is 102 Å². The van der Waals surface area contributed by atoms with Crippen molar-refractivity contribution in [3.05, 3.63) is 119 Å². The normalized spacial score (nSPS) is 16.9. The molecule has 2 amide bonds. The largest absolute Gasteiger partial charge is 0.445 e. The van der Waals surface area contributed by atoms with Crippen LogP contribution in [0.1, 0.15) is 117 Å². The third kappa shape index (κ3) is 10.4. The first-order valence-corrected chi connectivity index (χ1v) is 18.8. The molecule has 8 heteroatoms. The lowest BCUT2D eigenvalue weighted by Gasteiger charge is -2.33. The second-order valence-electron chi connectivity index (χ2n) is 13.8. The van der Waals surface area contributed by atoms with E-state index < -0.39 is 23.8 Å². The van der Waals surface area contributed by atoms with E-state index in [1.54, 1.807) is 25.2 Å². The lowest BCUT2D eigenvalue weighted by Crippen LogP contribution is -2.52. The highest BCUT2D eigenvalue weighted by Crippen LogP contribution is 2.40. The van der Waals surface area contributed by atoms with E-state index in [1.165, 1.54) is 63.0 Å². The van der Waals surface area contributed by atoms with Crippen molar-refractivity contribution in [1.29, 1.82) is 0 Å². The van der Waals surface area contributed by atoms with Gasteiger partial charge in [0.15, 0.2) is 5.78 Å². The Kier molecular flexibility index (Phi) is 15.5. The first kappa shape index (κ1) is 39.5. The number of nitrogens with one attached hydrogen (secondary N) is 3. The average molecular weight is 696 g/mol. The molecule has 274 valence electrons. The highest BCUT2D eigenvalue weighted by molar-refractivity contribution is 6.04. The van der Waals surface area contributed by atoms with E-state index in [9.17, 15) is 19.5 Å². The van der Waals surface area contributed by atoms with Crippen LogP contribution < -0.4 is 16.0 Å². The van der Waals surface area contributed by atoms with Crippen LogP contribution in [0.5, 0.6) is 0 Å². The van der Waals surface area contributed by atoms with Gasteiger partial charge in [0.25, 0.3) is 0 Å². The maximum Gasteiger partial charge on any atom is 0.407 e. The van der Waals surface area contributed by atoms with Gasteiger partial charge in [0.05, 0.1) is 12.1 Å². The molecule has 0 radical (unpaired) electrons. The second-order valence-corrected chi connectivity index (χ2v) is 13.8. The van der Waals surface area contributed by atoms with E-state index in [0.29, 0.717) is 22.6 Å². The van der Waals surface area contributed by atoms with Crippen LogP contribution in [-0.4, -0.2) is 55.2 Å². The summed E-state index contributed by atoms with van der Waals surface area (Å²) in [6.45, 7) is 7.68. The van der Waals surface area contributed by atoms with Gasteiger partial charge in [-0.15, -0.1) is 0 Å². The first-order valence-electron chi connectivity index (χ1n) is 18.8. The van der Waals surface area contributed by atoms with Crippen molar-refractivity contribution in [2.24, 2.45) is 5.92 Å². The summed E-state index contributed by atoms with van der Waals surface area (Å²) in [6.07, 6.45) is 11.7. The summed E-state index contributed by atoms with van der Waals surface area (Å²) in [5.74, 6) is -0.172. The molecule has 8 nitrogen and oxygen atoms in total. The van der Waals surface area contributed by atoms with Crippen LogP contribution in [0.4, 0.5) is 4.79 Å². The van der Waals surface area contributed by atoms with Crippen molar-refractivity contribution >= 4 is 17.8 Å². The number of Topliss-reactive ketones (excluding diaryl/α,β-unsaturated/α-hetero) is 1. The van der Waals surface area contributed by atoms with Crippen molar-refractivity contribution < 1.29 is 24.2 Å². The number of aliphatic hydroxyl groups is 1. The zero-order valence-corrected chi connectivity index (χ0v) is 30.7. The number of carbonyl (C=O) groups excluding carboxylic acids is 3. The Morgan fingerprint density at radius 3 is 2.14 bits per heavy atom. The molecule has 1 aliphatic rings. The van der Waals surface area contributed by atoms with E-state index in [0.717, 1.165) is 6.42 Å². The highest BCUT2D eigenvalue weighted by Gasteiger charge is 2.39. The van der Waals surface area contributed by atoms with E-state index in [-0.39, 0.29) is 42.7 Å². The van der Waals surface area contributed by atoms with Crippen LogP contribution in [0.25, 0.3) is 0 Å². The summed E-state index contributed by atoms with van der Waals surface area (Å²) >= 11 is 0. The molecule has 0 heterocycles. The molecule has 0 spiro atoms. The average Bonchev–Trinajstić information content (AvgIpc) is 3.31. The van der Waals surface area contributed by atoms with Crippen molar-refractivity contribution in [3.8, 4) is 0 Å².